The number of rotatable bonds is 6. The minimum absolute atomic E-state index is 0.106. The van der Waals surface area contributed by atoms with E-state index in [0.717, 1.165) is 31.6 Å². The summed E-state index contributed by atoms with van der Waals surface area (Å²) in [6.07, 6.45) is 2.55. The van der Waals surface area contributed by atoms with Crippen molar-refractivity contribution >= 4 is 0 Å². The van der Waals surface area contributed by atoms with Crippen molar-refractivity contribution in [2.24, 2.45) is 0 Å². The van der Waals surface area contributed by atoms with E-state index in [1.807, 2.05) is 19.9 Å². The van der Waals surface area contributed by atoms with Crippen molar-refractivity contribution in [2.75, 3.05) is 19.8 Å². The van der Waals surface area contributed by atoms with Gasteiger partial charge in [0.1, 0.15) is 0 Å². The van der Waals surface area contributed by atoms with Crippen LogP contribution in [0.15, 0.2) is 18.2 Å². The van der Waals surface area contributed by atoms with Gasteiger partial charge < -0.3 is 14.8 Å². The third-order valence-electron chi connectivity index (χ3n) is 3.43. The Labute approximate surface area is 114 Å². The van der Waals surface area contributed by atoms with Crippen LogP contribution in [0.4, 0.5) is 4.39 Å². The van der Waals surface area contributed by atoms with Gasteiger partial charge >= 0.3 is 0 Å². The Morgan fingerprint density at radius 2 is 2.37 bits per heavy atom. The van der Waals surface area contributed by atoms with Gasteiger partial charge in [-0.1, -0.05) is 6.07 Å². The lowest BCUT2D eigenvalue weighted by Gasteiger charge is -2.18. The Morgan fingerprint density at radius 1 is 1.53 bits per heavy atom. The van der Waals surface area contributed by atoms with E-state index < -0.39 is 0 Å². The Morgan fingerprint density at radius 3 is 3.00 bits per heavy atom. The predicted octanol–water partition coefficient (Wildman–Crippen LogP) is 3.05. The molecule has 1 aromatic rings. The van der Waals surface area contributed by atoms with Crippen LogP contribution in [0.3, 0.4) is 0 Å². The van der Waals surface area contributed by atoms with Crippen molar-refractivity contribution in [2.45, 2.75) is 38.8 Å². The van der Waals surface area contributed by atoms with Crippen LogP contribution in [-0.2, 0) is 4.74 Å². The van der Waals surface area contributed by atoms with Gasteiger partial charge in [0.05, 0.1) is 12.7 Å². The lowest BCUT2D eigenvalue weighted by atomic mass is 10.1. The van der Waals surface area contributed by atoms with Crippen LogP contribution in [-0.4, -0.2) is 25.9 Å². The summed E-state index contributed by atoms with van der Waals surface area (Å²) < 4.78 is 24.5. The van der Waals surface area contributed by atoms with Crippen LogP contribution in [0.5, 0.6) is 5.75 Å². The molecule has 0 unspecified atom stereocenters. The summed E-state index contributed by atoms with van der Waals surface area (Å²) in [6, 6.07) is 5.24. The highest BCUT2D eigenvalue weighted by Gasteiger charge is 2.17. The standard InChI is InChI=1S/C15H22FNO2/c1-3-18-15-7-6-12(9-14(15)16)11(2)17-10-13-5-4-8-19-13/h6-7,9,11,13,17H,3-5,8,10H2,1-2H3/t11-,13+/m0/s1. The summed E-state index contributed by atoms with van der Waals surface area (Å²) in [5.74, 6) is 0.0164. The molecule has 0 spiro atoms. The molecule has 0 saturated carbocycles. The van der Waals surface area contributed by atoms with Gasteiger partial charge in [-0.2, -0.15) is 0 Å². The third kappa shape index (κ3) is 3.91. The zero-order valence-electron chi connectivity index (χ0n) is 11.6. The molecule has 1 aromatic carbocycles. The van der Waals surface area contributed by atoms with E-state index in [1.165, 1.54) is 6.07 Å². The molecule has 1 heterocycles. The molecular formula is C15H22FNO2. The lowest BCUT2D eigenvalue weighted by Crippen LogP contribution is -2.28. The topological polar surface area (TPSA) is 30.5 Å². The molecule has 0 amide bonds. The number of hydrogen-bond acceptors (Lipinski definition) is 3. The highest BCUT2D eigenvalue weighted by molar-refractivity contribution is 5.30. The summed E-state index contributed by atoms with van der Waals surface area (Å²) in [7, 11) is 0. The molecule has 1 aliphatic heterocycles. The van der Waals surface area contributed by atoms with E-state index >= 15 is 0 Å². The van der Waals surface area contributed by atoms with Crippen molar-refractivity contribution in [3.8, 4) is 5.75 Å². The van der Waals surface area contributed by atoms with Crippen LogP contribution in [0.25, 0.3) is 0 Å². The molecule has 0 aromatic heterocycles. The Balaban J connectivity index is 1.90. The second-order valence-electron chi connectivity index (χ2n) is 4.89. The van der Waals surface area contributed by atoms with Crippen LogP contribution in [0.2, 0.25) is 0 Å². The first-order valence-electron chi connectivity index (χ1n) is 6.98. The predicted molar refractivity (Wildman–Crippen MR) is 73.0 cm³/mol. The fraction of sp³-hybridized carbons (Fsp3) is 0.600. The monoisotopic (exact) mass is 267 g/mol. The van der Waals surface area contributed by atoms with Crippen LogP contribution < -0.4 is 10.1 Å². The molecule has 1 saturated heterocycles. The molecule has 0 radical (unpaired) electrons. The number of benzene rings is 1. The maximum Gasteiger partial charge on any atom is 0.165 e. The van der Waals surface area contributed by atoms with E-state index in [-0.39, 0.29) is 11.9 Å². The first-order chi connectivity index (χ1) is 9.20. The van der Waals surface area contributed by atoms with E-state index in [2.05, 4.69) is 5.32 Å². The molecular weight excluding hydrogens is 245 g/mol. The zero-order valence-corrected chi connectivity index (χ0v) is 11.6. The molecule has 1 N–H and O–H groups in total. The number of halogens is 1. The Bertz CT molecular complexity index is 405. The van der Waals surface area contributed by atoms with Gasteiger partial charge in [-0.25, -0.2) is 4.39 Å². The quantitative estimate of drug-likeness (QED) is 0.859. The fourth-order valence-corrected chi connectivity index (χ4v) is 2.29. The highest BCUT2D eigenvalue weighted by atomic mass is 19.1. The van der Waals surface area contributed by atoms with Gasteiger partial charge in [0, 0.05) is 19.2 Å². The SMILES string of the molecule is CCOc1ccc([C@H](C)NC[C@H]2CCCO2)cc1F. The maximum absolute atomic E-state index is 13.8. The van der Waals surface area contributed by atoms with Crippen LogP contribution in [0.1, 0.15) is 38.3 Å². The molecule has 1 fully saturated rings. The molecule has 106 valence electrons. The first kappa shape index (κ1) is 14.3. The molecule has 0 aliphatic carbocycles. The van der Waals surface area contributed by atoms with Crippen molar-refractivity contribution < 1.29 is 13.9 Å². The normalized spacial score (nSPS) is 20.5. The van der Waals surface area contributed by atoms with Crippen molar-refractivity contribution in [3.05, 3.63) is 29.6 Å². The largest absolute Gasteiger partial charge is 0.491 e. The van der Waals surface area contributed by atoms with Gasteiger partial charge in [-0.15, -0.1) is 0 Å². The molecule has 4 heteroatoms. The van der Waals surface area contributed by atoms with Crippen molar-refractivity contribution in [1.29, 1.82) is 0 Å². The van der Waals surface area contributed by atoms with E-state index in [9.17, 15) is 4.39 Å². The van der Waals surface area contributed by atoms with Crippen LogP contribution >= 0.6 is 0 Å². The van der Waals surface area contributed by atoms with E-state index in [4.69, 9.17) is 9.47 Å². The minimum atomic E-state index is -0.301. The second kappa shape index (κ2) is 6.87. The molecule has 0 bridgehead atoms. The van der Waals surface area contributed by atoms with E-state index in [1.54, 1.807) is 6.07 Å². The van der Waals surface area contributed by atoms with Gasteiger partial charge in [0.2, 0.25) is 0 Å². The summed E-state index contributed by atoms with van der Waals surface area (Å²) >= 11 is 0. The van der Waals surface area contributed by atoms with Gasteiger partial charge in [-0.05, 0) is 44.4 Å². The number of hydrogen-bond donors (Lipinski definition) is 1. The Kier molecular flexibility index (Phi) is 5.16. The molecule has 1 aliphatic rings. The number of nitrogens with one attached hydrogen (secondary N) is 1. The maximum atomic E-state index is 13.8. The van der Waals surface area contributed by atoms with Crippen LogP contribution in [0, 0.1) is 5.82 Å². The summed E-state index contributed by atoms with van der Waals surface area (Å²) in [4.78, 5) is 0. The molecule has 2 atom stereocenters. The molecule has 2 rings (SSSR count). The zero-order chi connectivity index (χ0) is 13.7. The van der Waals surface area contributed by atoms with Crippen molar-refractivity contribution in [1.82, 2.24) is 5.32 Å². The first-order valence-corrected chi connectivity index (χ1v) is 6.98. The lowest BCUT2D eigenvalue weighted by molar-refractivity contribution is 0.108. The van der Waals surface area contributed by atoms with E-state index in [0.29, 0.717) is 18.5 Å². The summed E-state index contributed by atoms with van der Waals surface area (Å²) in [5, 5.41) is 3.39. The van der Waals surface area contributed by atoms with Gasteiger partial charge in [-0.3, -0.25) is 0 Å². The van der Waals surface area contributed by atoms with Gasteiger partial charge in [0.25, 0.3) is 0 Å². The average molecular weight is 267 g/mol. The molecule has 3 nitrogen and oxygen atoms in total. The Hall–Kier alpha value is -1.13. The second-order valence-corrected chi connectivity index (χ2v) is 4.89. The highest BCUT2D eigenvalue weighted by Crippen LogP contribution is 2.22. The fourth-order valence-electron chi connectivity index (χ4n) is 2.29. The van der Waals surface area contributed by atoms with Crippen molar-refractivity contribution in [3.63, 3.8) is 0 Å². The third-order valence-corrected chi connectivity index (χ3v) is 3.43. The molecule has 19 heavy (non-hydrogen) atoms. The summed E-state index contributed by atoms with van der Waals surface area (Å²) in [5.41, 5.74) is 0.930. The smallest absolute Gasteiger partial charge is 0.165 e. The number of ether oxygens (including phenoxy) is 2. The summed E-state index contributed by atoms with van der Waals surface area (Å²) in [6.45, 7) is 6.03. The average Bonchev–Trinajstić information content (AvgIpc) is 2.91. The minimum Gasteiger partial charge on any atom is -0.491 e. The van der Waals surface area contributed by atoms with Gasteiger partial charge in [0.15, 0.2) is 11.6 Å².